The summed E-state index contributed by atoms with van der Waals surface area (Å²) in [6.45, 7) is 2.31. The van der Waals surface area contributed by atoms with Crippen LogP contribution in [0.2, 0.25) is 0 Å². The van der Waals surface area contributed by atoms with Gasteiger partial charge in [0.15, 0.2) is 0 Å². The molecule has 3 heterocycles. The van der Waals surface area contributed by atoms with E-state index >= 15 is 0 Å². The highest BCUT2D eigenvalue weighted by atomic mass is 15.1. The number of hydrogen-bond acceptors (Lipinski definition) is 2. The average molecular weight is 1010 g/mol. The summed E-state index contributed by atoms with van der Waals surface area (Å²) in [4.78, 5) is 7.56. The summed E-state index contributed by atoms with van der Waals surface area (Å²) in [5.41, 5.74) is 23.0. The third-order valence-corrected chi connectivity index (χ3v) is 16.0. The minimum atomic E-state index is 0.502. The predicted octanol–water partition coefficient (Wildman–Crippen LogP) is 19.4. The molecule has 0 radical (unpaired) electrons. The van der Waals surface area contributed by atoms with Crippen molar-refractivity contribution >= 4 is 66.9 Å². The van der Waals surface area contributed by atoms with Crippen molar-refractivity contribution in [1.82, 2.24) is 18.7 Å². The molecule has 1 atom stereocenters. The molecule has 5 heteroatoms. The Morgan fingerprint density at radius 2 is 0.848 bits per heavy atom. The number of fused-ring (bicyclic) bond motifs is 7. The highest BCUT2D eigenvalue weighted by Gasteiger charge is 2.23. The summed E-state index contributed by atoms with van der Waals surface area (Å²) in [5, 5.41) is 3.81. The Bertz CT molecular complexity index is 4600. The fourth-order valence-electron chi connectivity index (χ4n) is 12.2. The molecule has 5 nitrogen and oxygen atoms in total. The first kappa shape index (κ1) is 46.1. The predicted molar refractivity (Wildman–Crippen MR) is 331 cm³/mol. The van der Waals surface area contributed by atoms with Crippen molar-refractivity contribution in [3.63, 3.8) is 0 Å². The number of anilines is 3. The van der Waals surface area contributed by atoms with Gasteiger partial charge in [0.05, 0.1) is 27.6 Å². The second-order valence-corrected chi connectivity index (χ2v) is 20.9. The quantitative estimate of drug-likeness (QED) is 0.137. The van der Waals surface area contributed by atoms with Gasteiger partial charge in [-0.3, -0.25) is 4.57 Å². The van der Waals surface area contributed by atoms with Crippen molar-refractivity contribution in [2.24, 2.45) is 5.92 Å². The molecule has 14 aromatic rings. The molecule has 0 saturated heterocycles. The Labute approximate surface area is 459 Å². The number of benzene rings is 11. The second-order valence-electron chi connectivity index (χ2n) is 20.9. The summed E-state index contributed by atoms with van der Waals surface area (Å²) in [6, 6.07) is 98.9. The van der Waals surface area contributed by atoms with Gasteiger partial charge in [0.2, 0.25) is 0 Å². The second kappa shape index (κ2) is 19.1. The number of rotatable bonds is 10. The Kier molecular flexibility index (Phi) is 11.1. The van der Waals surface area contributed by atoms with Crippen LogP contribution in [0.3, 0.4) is 0 Å². The van der Waals surface area contributed by atoms with Crippen LogP contribution in [0.25, 0.3) is 112 Å². The Balaban J connectivity index is 0.806. The van der Waals surface area contributed by atoms with Gasteiger partial charge in [-0.25, -0.2) is 4.98 Å². The fourth-order valence-corrected chi connectivity index (χ4v) is 12.2. The van der Waals surface area contributed by atoms with Gasteiger partial charge < -0.3 is 14.0 Å². The van der Waals surface area contributed by atoms with E-state index in [4.69, 9.17) is 4.98 Å². The zero-order valence-corrected chi connectivity index (χ0v) is 43.7. The summed E-state index contributed by atoms with van der Waals surface area (Å²) in [6.07, 6.45) is 5.71. The minimum Gasteiger partial charge on any atom is -0.311 e. The van der Waals surface area contributed by atoms with Gasteiger partial charge in [-0.05, 0) is 173 Å². The number of hydrogen-bond donors (Lipinski definition) is 0. The van der Waals surface area contributed by atoms with E-state index in [1.807, 2.05) is 0 Å². The SMILES string of the molecule is CC1C=Cc2c(c3ccc(-c4ccc(N(c5ccc(-c6cccc(-c7nc8ccccc8n7-c7ccccc7)c6)cc5)c5ccc(-c6ccc7c(c6)c6ccccc6n7-c6ccccc6)cc5)cc4)cc3n2-c2ccccc2)C1. The maximum Gasteiger partial charge on any atom is 0.145 e. The van der Waals surface area contributed by atoms with Gasteiger partial charge in [0.25, 0.3) is 0 Å². The van der Waals surface area contributed by atoms with E-state index in [-0.39, 0.29) is 0 Å². The molecular weight excluding hydrogens is 959 g/mol. The molecule has 0 amide bonds. The van der Waals surface area contributed by atoms with E-state index in [2.05, 4.69) is 311 Å². The fraction of sp³-hybridized carbons (Fsp3) is 0.0405. The average Bonchev–Trinajstić information content (AvgIpc) is 4.40. The van der Waals surface area contributed by atoms with Gasteiger partial charge in [0, 0.05) is 61.5 Å². The van der Waals surface area contributed by atoms with Crippen molar-refractivity contribution in [2.75, 3.05) is 4.90 Å². The van der Waals surface area contributed by atoms with E-state index < -0.39 is 0 Å². The maximum atomic E-state index is 5.18. The first-order chi connectivity index (χ1) is 39.1. The Hall–Kier alpha value is -10.2. The molecule has 1 unspecified atom stereocenters. The topological polar surface area (TPSA) is 30.9 Å². The van der Waals surface area contributed by atoms with Crippen molar-refractivity contribution in [3.8, 4) is 61.8 Å². The molecule has 79 heavy (non-hydrogen) atoms. The van der Waals surface area contributed by atoms with E-state index in [0.29, 0.717) is 5.92 Å². The molecule has 0 N–H and O–H groups in total. The largest absolute Gasteiger partial charge is 0.311 e. The van der Waals surface area contributed by atoms with Crippen LogP contribution < -0.4 is 4.90 Å². The van der Waals surface area contributed by atoms with Gasteiger partial charge in [-0.15, -0.1) is 0 Å². The highest BCUT2D eigenvalue weighted by molar-refractivity contribution is 6.10. The lowest BCUT2D eigenvalue weighted by molar-refractivity contribution is 0.718. The molecule has 3 aromatic heterocycles. The normalized spacial score (nSPS) is 13.2. The van der Waals surface area contributed by atoms with Crippen LogP contribution in [0.5, 0.6) is 0 Å². The molecule has 0 fully saturated rings. The molecule has 0 bridgehead atoms. The molecule has 0 saturated carbocycles. The van der Waals surface area contributed by atoms with E-state index in [1.54, 1.807) is 0 Å². The molecule has 0 aliphatic heterocycles. The molecule has 11 aromatic carbocycles. The van der Waals surface area contributed by atoms with Gasteiger partial charge in [0.1, 0.15) is 5.82 Å². The zero-order chi connectivity index (χ0) is 52.4. The van der Waals surface area contributed by atoms with Crippen LogP contribution >= 0.6 is 0 Å². The number of allylic oxidation sites excluding steroid dienone is 1. The number of aromatic nitrogens is 4. The van der Waals surface area contributed by atoms with Crippen molar-refractivity contribution in [3.05, 3.63) is 290 Å². The van der Waals surface area contributed by atoms with Gasteiger partial charge in [-0.1, -0.05) is 171 Å². The van der Waals surface area contributed by atoms with Crippen LogP contribution in [-0.4, -0.2) is 18.7 Å². The van der Waals surface area contributed by atoms with Crippen LogP contribution in [0.1, 0.15) is 18.2 Å². The first-order valence-corrected chi connectivity index (χ1v) is 27.3. The lowest BCUT2D eigenvalue weighted by Gasteiger charge is -2.26. The summed E-state index contributed by atoms with van der Waals surface area (Å²) >= 11 is 0. The number of para-hydroxylation sites is 6. The first-order valence-electron chi connectivity index (χ1n) is 27.3. The lowest BCUT2D eigenvalue weighted by atomic mass is 9.93. The van der Waals surface area contributed by atoms with E-state index in [9.17, 15) is 0 Å². The standard InChI is InChI=1S/C74H53N5/c1-50-28-44-70-66(46-50)65-43-35-56(49-73(65)78(70)59-20-7-3-8-21-59)53-33-41-63(42-34-53)76(62-39-31-52(32-40-62)55-36-45-71-67(48-55)64-24-11-13-26-69(64)77(71)58-18-5-2-6-19-58)61-37-29-51(30-38-61)54-16-15-17-57(47-54)74-75-68-25-12-14-27-72(68)79(74)60-22-9-4-10-23-60/h2-45,47-50H,46H2,1H3. The van der Waals surface area contributed by atoms with E-state index in [1.165, 1.54) is 66.3 Å². The summed E-state index contributed by atoms with van der Waals surface area (Å²) in [5.74, 6) is 1.42. The Morgan fingerprint density at radius 3 is 1.49 bits per heavy atom. The lowest BCUT2D eigenvalue weighted by Crippen LogP contribution is -2.09. The third-order valence-electron chi connectivity index (χ3n) is 16.0. The zero-order valence-electron chi connectivity index (χ0n) is 43.7. The molecule has 374 valence electrons. The number of imidazole rings is 1. The van der Waals surface area contributed by atoms with Crippen molar-refractivity contribution in [1.29, 1.82) is 0 Å². The van der Waals surface area contributed by atoms with Crippen LogP contribution in [0.4, 0.5) is 17.1 Å². The molecule has 0 spiro atoms. The van der Waals surface area contributed by atoms with Gasteiger partial charge >= 0.3 is 0 Å². The maximum absolute atomic E-state index is 5.18. The van der Waals surface area contributed by atoms with Crippen LogP contribution in [-0.2, 0) is 6.42 Å². The monoisotopic (exact) mass is 1010 g/mol. The molecule has 15 rings (SSSR count). The van der Waals surface area contributed by atoms with Crippen LogP contribution in [0.15, 0.2) is 279 Å². The smallest absolute Gasteiger partial charge is 0.145 e. The van der Waals surface area contributed by atoms with Gasteiger partial charge in [-0.2, -0.15) is 0 Å². The summed E-state index contributed by atoms with van der Waals surface area (Å²) in [7, 11) is 0. The number of nitrogens with zero attached hydrogens (tertiary/aromatic N) is 5. The van der Waals surface area contributed by atoms with E-state index in [0.717, 1.165) is 74.0 Å². The van der Waals surface area contributed by atoms with Crippen molar-refractivity contribution < 1.29 is 0 Å². The Morgan fingerprint density at radius 1 is 0.354 bits per heavy atom. The van der Waals surface area contributed by atoms with Crippen molar-refractivity contribution in [2.45, 2.75) is 13.3 Å². The van der Waals surface area contributed by atoms with Crippen LogP contribution in [0, 0.1) is 5.92 Å². The molecule has 1 aliphatic carbocycles. The third kappa shape index (κ3) is 8.06. The summed E-state index contributed by atoms with van der Waals surface area (Å²) < 4.78 is 7.08. The minimum absolute atomic E-state index is 0.502. The highest BCUT2D eigenvalue weighted by Crippen LogP contribution is 2.42. The molecular formula is C74H53N5. The molecule has 1 aliphatic rings.